The summed E-state index contributed by atoms with van der Waals surface area (Å²) in [6.07, 6.45) is 0. The monoisotopic (exact) mass is 327 g/mol. The lowest BCUT2D eigenvalue weighted by Gasteiger charge is -2.08. The van der Waals surface area contributed by atoms with Gasteiger partial charge in [0.25, 0.3) is 5.69 Å². The van der Waals surface area contributed by atoms with Gasteiger partial charge in [-0.05, 0) is 24.3 Å². The second-order valence-electron chi connectivity index (χ2n) is 4.13. The third-order valence-electron chi connectivity index (χ3n) is 2.58. The SMILES string of the molecule is O=C(Nc1ccc(F)c(F)c1)Nc1ccc(Cl)c([N+](=O)[O-])c1. The Hall–Kier alpha value is -2.74. The summed E-state index contributed by atoms with van der Waals surface area (Å²) in [6.45, 7) is 0. The van der Waals surface area contributed by atoms with E-state index in [1.54, 1.807) is 0 Å². The van der Waals surface area contributed by atoms with E-state index in [1.165, 1.54) is 18.2 Å². The van der Waals surface area contributed by atoms with Gasteiger partial charge in [-0.15, -0.1) is 0 Å². The van der Waals surface area contributed by atoms with Crippen molar-refractivity contribution in [3.05, 3.63) is 63.2 Å². The predicted molar refractivity (Wildman–Crippen MR) is 77.1 cm³/mol. The Morgan fingerprint density at radius 3 is 2.23 bits per heavy atom. The number of urea groups is 1. The number of nitrogens with one attached hydrogen (secondary N) is 2. The highest BCUT2D eigenvalue weighted by Gasteiger charge is 2.14. The lowest BCUT2D eigenvalue weighted by molar-refractivity contribution is -0.384. The summed E-state index contributed by atoms with van der Waals surface area (Å²) in [5, 5.41) is 15.2. The number of rotatable bonds is 3. The highest BCUT2D eigenvalue weighted by Crippen LogP contribution is 2.27. The van der Waals surface area contributed by atoms with E-state index < -0.39 is 22.6 Å². The highest BCUT2D eigenvalue weighted by atomic mass is 35.5. The van der Waals surface area contributed by atoms with Crippen molar-refractivity contribution in [2.24, 2.45) is 0 Å². The van der Waals surface area contributed by atoms with Crippen molar-refractivity contribution < 1.29 is 18.5 Å². The molecule has 2 N–H and O–H groups in total. The molecule has 0 bridgehead atoms. The zero-order chi connectivity index (χ0) is 16.3. The molecule has 0 aliphatic rings. The second-order valence-corrected chi connectivity index (χ2v) is 4.54. The number of hydrogen-bond acceptors (Lipinski definition) is 3. The summed E-state index contributed by atoms with van der Waals surface area (Å²) >= 11 is 5.64. The number of halogens is 3. The van der Waals surface area contributed by atoms with E-state index in [4.69, 9.17) is 11.6 Å². The fraction of sp³-hybridized carbons (Fsp3) is 0. The molecule has 0 unspecified atom stereocenters. The van der Waals surface area contributed by atoms with E-state index in [2.05, 4.69) is 10.6 Å². The van der Waals surface area contributed by atoms with Gasteiger partial charge in [-0.1, -0.05) is 11.6 Å². The molecule has 2 rings (SSSR count). The Bertz CT molecular complexity index is 755. The summed E-state index contributed by atoms with van der Waals surface area (Å²) in [5.74, 6) is -2.15. The van der Waals surface area contributed by atoms with Crippen molar-refractivity contribution in [3.63, 3.8) is 0 Å². The minimum absolute atomic E-state index is 0.0277. The maximum Gasteiger partial charge on any atom is 0.323 e. The fourth-order valence-electron chi connectivity index (χ4n) is 1.60. The Labute approximate surface area is 127 Å². The molecule has 0 saturated carbocycles. The molecule has 0 aromatic heterocycles. The van der Waals surface area contributed by atoms with Crippen LogP contribution in [0.2, 0.25) is 5.02 Å². The number of hydrogen-bond donors (Lipinski definition) is 2. The number of benzene rings is 2. The smallest absolute Gasteiger partial charge is 0.308 e. The first kappa shape index (κ1) is 15.6. The van der Waals surface area contributed by atoms with E-state index in [1.807, 2.05) is 0 Å². The van der Waals surface area contributed by atoms with Crippen molar-refractivity contribution >= 4 is 34.7 Å². The summed E-state index contributed by atoms with van der Waals surface area (Å²) in [5.41, 5.74) is -0.219. The average Bonchev–Trinajstić information content (AvgIpc) is 2.44. The number of amides is 2. The van der Waals surface area contributed by atoms with E-state index in [9.17, 15) is 23.7 Å². The number of nitro groups is 1. The van der Waals surface area contributed by atoms with Gasteiger partial charge in [-0.3, -0.25) is 10.1 Å². The zero-order valence-corrected chi connectivity index (χ0v) is 11.5. The van der Waals surface area contributed by atoms with Crippen LogP contribution >= 0.6 is 11.6 Å². The topological polar surface area (TPSA) is 84.3 Å². The molecule has 0 spiro atoms. The van der Waals surface area contributed by atoms with Crippen molar-refractivity contribution in [2.75, 3.05) is 10.6 Å². The Kier molecular flexibility index (Phi) is 4.52. The molecule has 2 amide bonds. The molecule has 0 aliphatic heterocycles. The quantitative estimate of drug-likeness (QED) is 0.655. The molecule has 0 heterocycles. The van der Waals surface area contributed by atoms with Gasteiger partial charge in [0.05, 0.1) is 4.92 Å². The van der Waals surface area contributed by atoms with Crippen LogP contribution in [0.25, 0.3) is 0 Å². The van der Waals surface area contributed by atoms with E-state index in [0.717, 1.165) is 18.2 Å². The number of nitrogens with zero attached hydrogens (tertiary/aromatic N) is 1. The number of nitro benzene ring substituents is 1. The first-order valence-electron chi connectivity index (χ1n) is 5.84. The van der Waals surface area contributed by atoms with Gasteiger partial charge >= 0.3 is 6.03 Å². The van der Waals surface area contributed by atoms with E-state index >= 15 is 0 Å². The Balaban J connectivity index is 2.10. The van der Waals surface area contributed by atoms with Crippen molar-refractivity contribution in [1.82, 2.24) is 0 Å². The Morgan fingerprint density at radius 1 is 1.05 bits per heavy atom. The molecule has 0 aliphatic carbocycles. The zero-order valence-electron chi connectivity index (χ0n) is 10.8. The third-order valence-corrected chi connectivity index (χ3v) is 2.90. The van der Waals surface area contributed by atoms with Crippen LogP contribution in [0.5, 0.6) is 0 Å². The normalized spacial score (nSPS) is 10.1. The van der Waals surface area contributed by atoms with Gasteiger partial charge in [0.15, 0.2) is 11.6 Å². The largest absolute Gasteiger partial charge is 0.323 e. The molecule has 2 aromatic rings. The van der Waals surface area contributed by atoms with Gasteiger partial charge in [0.1, 0.15) is 5.02 Å². The molecule has 2 aromatic carbocycles. The van der Waals surface area contributed by atoms with Gasteiger partial charge in [0, 0.05) is 23.5 Å². The second kappa shape index (κ2) is 6.35. The molecule has 0 fully saturated rings. The van der Waals surface area contributed by atoms with E-state index in [-0.39, 0.29) is 22.1 Å². The third kappa shape index (κ3) is 3.67. The summed E-state index contributed by atoms with van der Waals surface area (Å²) < 4.78 is 25.8. The molecule has 22 heavy (non-hydrogen) atoms. The van der Waals surface area contributed by atoms with Crippen LogP contribution in [0.1, 0.15) is 0 Å². The maximum atomic E-state index is 13.0. The molecule has 0 radical (unpaired) electrons. The molecule has 0 saturated heterocycles. The van der Waals surface area contributed by atoms with Gasteiger partial charge in [-0.2, -0.15) is 0 Å². The van der Waals surface area contributed by atoms with Crippen molar-refractivity contribution in [2.45, 2.75) is 0 Å². The van der Waals surface area contributed by atoms with E-state index in [0.29, 0.717) is 0 Å². The first-order chi connectivity index (χ1) is 10.4. The minimum atomic E-state index is -1.11. The van der Waals surface area contributed by atoms with Crippen LogP contribution in [0.3, 0.4) is 0 Å². The van der Waals surface area contributed by atoms with Crippen LogP contribution in [0.4, 0.5) is 30.6 Å². The van der Waals surface area contributed by atoms with Crippen LogP contribution in [-0.2, 0) is 0 Å². The molecule has 0 atom stereocenters. The van der Waals surface area contributed by atoms with Crippen LogP contribution in [-0.4, -0.2) is 11.0 Å². The summed E-state index contributed by atoms with van der Waals surface area (Å²) in [6, 6.07) is 5.75. The molecule has 6 nitrogen and oxygen atoms in total. The fourth-order valence-corrected chi connectivity index (χ4v) is 1.78. The first-order valence-corrected chi connectivity index (χ1v) is 6.21. The van der Waals surface area contributed by atoms with Crippen LogP contribution in [0, 0.1) is 21.7 Å². The molecule has 114 valence electrons. The number of anilines is 2. The molecular weight excluding hydrogens is 320 g/mol. The number of carbonyl (C=O) groups excluding carboxylic acids is 1. The van der Waals surface area contributed by atoms with Gasteiger partial charge < -0.3 is 10.6 Å². The molecule has 9 heteroatoms. The Morgan fingerprint density at radius 2 is 1.64 bits per heavy atom. The average molecular weight is 328 g/mol. The minimum Gasteiger partial charge on any atom is -0.308 e. The van der Waals surface area contributed by atoms with Gasteiger partial charge in [-0.25, -0.2) is 13.6 Å². The van der Waals surface area contributed by atoms with Crippen molar-refractivity contribution in [3.8, 4) is 0 Å². The molecular formula is C13H8ClF2N3O3. The lowest BCUT2D eigenvalue weighted by atomic mass is 10.3. The van der Waals surface area contributed by atoms with Crippen molar-refractivity contribution in [1.29, 1.82) is 0 Å². The standard InChI is InChI=1S/C13H8ClF2N3O3/c14-9-3-1-8(6-12(9)19(21)22)18-13(20)17-7-2-4-10(15)11(16)5-7/h1-6H,(H2,17,18,20). The van der Waals surface area contributed by atoms with Crippen LogP contribution < -0.4 is 10.6 Å². The maximum absolute atomic E-state index is 13.0. The lowest BCUT2D eigenvalue weighted by Crippen LogP contribution is -2.19. The summed E-state index contributed by atoms with van der Waals surface area (Å²) in [7, 11) is 0. The van der Waals surface area contributed by atoms with Gasteiger partial charge in [0.2, 0.25) is 0 Å². The highest BCUT2D eigenvalue weighted by molar-refractivity contribution is 6.32. The number of carbonyl (C=O) groups is 1. The van der Waals surface area contributed by atoms with Crippen LogP contribution in [0.15, 0.2) is 36.4 Å². The summed E-state index contributed by atoms with van der Waals surface area (Å²) in [4.78, 5) is 21.7. The predicted octanol–water partition coefficient (Wildman–Crippen LogP) is 4.17.